The Labute approximate surface area is 264 Å². The number of rotatable bonds is 2. The van der Waals surface area contributed by atoms with Crippen molar-refractivity contribution in [2.75, 3.05) is 0 Å². The van der Waals surface area contributed by atoms with Gasteiger partial charge in [0.2, 0.25) is 0 Å². The van der Waals surface area contributed by atoms with Gasteiger partial charge in [0.15, 0.2) is 0 Å². The van der Waals surface area contributed by atoms with Gasteiger partial charge >= 0.3 is 0 Å². The second kappa shape index (κ2) is 9.09. The Morgan fingerprint density at radius 2 is 1.17 bits per heavy atom. The standard InChI is InChI=1S/C41H21F3OS/c1-20-10-23(12-25(42)11-20)36-30-15-21-18-33-31(16-22(21)17-32(30)38-28-6-2-4-8-34(28)45-40(36)38)37(24-13-26(43)19-27(44)14-24)41-39(33)29-7-3-5-9-35(29)46-41/h2-19H,1H3. The maximum absolute atomic E-state index is 14.8. The summed E-state index contributed by atoms with van der Waals surface area (Å²) in [5, 5.41) is 6.07. The molecule has 0 saturated carbocycles. The molecule has 46 heavy (non-hydrogen) atoms. The monoisotopic (exact) mass is 618 g/mol. The third-order valence-corrected chi connectivity index (χ3v) is 10.5. The van der Waals surface area contributed by atoms with Crippen LogP contribution in [0, 0.1) is 24.4 Å². The molecule has 0 atom stereocenters. The van der Waals surface area contributed by atoms with E-state index in [1.165, 1.54) is 18.2 Å². The largest absolute Gasteiger partial charge is 0.455 e. The Kier molecular flexibility index (Phi) is 5.11. The van der Waals surface area contributed by atoms with Crippen molar-refractivity contribution in [2.24, 2.45) is 0 Å². The number of thiophene rings is 1. The van der Waals surface area contributed by atoms with Crippen LogP contribution in [0.3, 0.4) is 0 Å². The van der Waals surface area contributed by atoms with Crippen LogP contribution in [0.15, 0.2) is 114 Å². The molecule has 2 aliphatic rings. The summed E-state index contributed by atoms with van der Waals surface area (Å²) in [6, 6.07) is 33.7. The van der Waals surface area contributed by atoms with Crippen molar-refractivity contribution in [1.82, 2.24) is 0 Å². The van der Waals surface area contributed by atoms with E-state index in [-0.39, 0.29) is 5.82 Å². The summed E-state index contributed by atoms with van der Waals surface area (Å²) in [5.74, 6) is -0.766. The lowest BCUT2D eigenvalue weighted by molar-refractivity contribution is 0.582. The Hall–Kier alpha value is -5.39. The SMILES string of the molecule is Cc1cc(F)cc(C2=c3cc4cc5c(cc4cc3-c3c2oc2ccccc32)=C(c2cc(F)cc(F)c2)c2sc3ccccc3c2-5)c1. The van der Waals surface area contributed by atoms with Crippen molar-refractivity contribution in [3.63, 3.8) is 0 Å². The minimum atomic E-state index is -0.604. The molecule has 0 aliphatic heterocycles. The smallest absolute Gasteiger partial charge is 0.144 e. The van der Waals surface area contributed by atoms with E-state index in [4.69, 9.17) is 4.42 Å². The van der Waals surface area contributed by atoms with Crippen molar-refractivity contribution in [2.45, 2.75) is 6.92 Å². The molecule has 8 aromatic rings. The molecule has 0 bridgehead atoms. The molecule has 6 aromatic carbocycles. The molecular weight excluding hydrogens is 598 g/mol. The van der Waals surface area contributed by atoms with E-state index < -0.39 is 11.6 Å². The fraction of sp³-hybridized carbons (Fsp3) is 0.0244. The van der Waals surface area contributed by atoms with E-state index in [1.807, 2.05) is 43.3 Å². The zero-order valence-corrected chi connectivity index (χ0v) is 25.2. The third-order valence-electron chi connectivity index (χ3n) is 9.32. The van der Waals surface area contributed by atoms with E-state index in [1.54, 1.807) is 17.4 Å². The zero-order valence-electron chi connectivity index (χ0n) is 24.3. The van der Waals surface area contributed by atoms with Crippen LogP contribution >= 0.6 is 11.3 Å². The first kappa shape index (κ1) is 25.9. The van der Waals surface area contributed by atoms with Crippen LogP contribution in [0.5, 0.6) is 0 Å². The molecule has 0 radical (unpaired) electrons. The molecule has 0 spiro atoms. The molecule has 0 N–H and O–H groups in total. The van der Waals surface area contributed by atoms with Crippen LogP contribution in [0.2, 0.25) is 0 Å². The number of benzene rings is 6. The van der Waals surface area contributed by atoms with Gasteiger partial charge in [-0.05, 0) is 117 Å². The molecule has 10 rings (SSSR count). The van der Waals surface area contributed by atoms with E-state index in [0.29, 0.717) is 5.56 Å². The Morgan fingerprint density at radius 3 is 1.91 bits per heavy atom. The summed E-state index contributed by atoms with van der Waals surface area (Å²) in [5.41, 5.74) is 8.73. The van der Waals surface area contributed by atoms with Gasteiger partial charge in [0.25, 0.3) is 0 Å². The number of halogens is 3. The number of hydrogen-bond acceptors (Lipinski definition) is 2. The van der Waals surface area contributed by atoms with Gasteiger partial charge in [0, 0.05) is 48.7 Å². The van der Waals surface area contributed by atoms with Gasteiger partial charge in [-0.25, -0.2) is 13.2 Å². The van der Waals surface area contributed by atoms with Gasteiger partial charge in [-0.2, -0.15) is 0 Å². The number of hydrogen-bond donors (Lipinski definition) is 0. The molecular formula is C41H21F3OS. The minimum Gasteiger partial charge on any atom is -0.455 e. The quantitative estimate of drug-likeness (QED) is 0.188. The van der Waals surface area contributed by atoms with E-state index in [2.05, 4.69) is 42.5 Å². The first-order valence-electron chi connectivity index (χ1n) is 15.1. The summed E-state index contributed by atoms with van der Waals surface area (Å²) in [6.45, 7) is 1.90. The van der Waals surface area contributed by atoms with Crippen LogP contribution in [-0.2, 0) is 0 Å². The van der Waals surface area contributed by atoms with Gasteiger partial charge in [0.1, 0.15) is 28.8 Å². The van der Waals surface area contributed by atoms with Gasteiger partial charge in [-0.1, -0.05) is 42.5 Å². The number of fused-ring (bicyclic) bond motifs is 11. The maximum atomic E-state index is 14.8. The highest BCUT2D eigenvalue weighted by molar-refractivity contribution is 7.21. The lowest BCUT2D eigenvalue weighted by Crippen LogP contribution is -2.10. The summed E-state index contributed by atoms with van der Waals surface area (Å²) in [7, 11) is 0. The molecule has 2 heterocycles. The first-order valence-corrected chi connectivity index (χ1v) is 15.9. The highest BCUT2D eigenvalue weighted by Crippen LogP contribution is 2.48. The maximum Gasteiger partial charge on any atom is 0.144 e. The van der Waals surface area contributed by atoms with Gasteiger partial charge in [0.05, 0.1) is 0 Å². The average molecular weight is 619 g/mol. The van der Waals surface area contributed by atoms with Crippen LogP contribution in [0.25, 0.3) is 65.2 Å². The fourth-order valence-corrected chi connectivity index (χ4v) is 8.85. The lowest BCUT2D eigenvalue weighted by Gasteiger charge is -2.08. The van der Waals surface area contributed by atoms with Gasteiger partial charge in [-0.3, -0.25) is 0 Å². The third kappa shape index (κ3) is 3.52. The van der Waals surface area contributed by atoms with Gasteiger partial charge < -0.3 is 4.42 Å². The molecule has 1 nitrogen and oxygen atoms in total. The normalized spacial score (nSPS) is 13.1. The summed E-state index contributed by atoms with van der Waals surface area (Å²) >= 11 is 1.65. The summed E-state index contributed by atoms with van der Waals surface area (Å²) in [4.78, 5) is 1.01. The minimum absolute atomic E-state index is 0.291. The predicted molar refractivity (Wildman–Crippen MR) is 180 cm³/mol. The molecule has 0 amide bonds. The second-order valence-electron chi connectivity index (χ2n) is 12.2. The Morgan fingerprint density at radius 1 is 0.565 bits per heavy atom. The van der Waals surface area contributed by atoms with Gasteiger partial charge in [-0.15, -0.1) is 11.3 Å². The summed E-state index contributed by atoms with van der Waals surface area (Å²) in [6.07, 6.45) is 0. The number of aryl methyl sites for hydroxylation is 1. The lowest BCUT2D eigenvalue weighted by atomic mass is 9.96. The molecule has 0 fully saturated rings. The second-order valence-corrected chi connectivity index (χ2v) is 13.2. The van der Waals surface area contributed by atoms with Crippen LogP contribution in [0.1, 0.15) is 27.3 Å². The average Bonchev–Trinajstić information content (AvgIpc) is 3.74. The molecule has 2 aromatic heterocycles. The highest BCUT2D eigenvalue weighted by Gasteiger charge is 2.30. The van der Waals surface area contributed by atoms with Crippen LogP contribution < -0.4 is 10.4 Å². The van der Waals surface area contributed by atoms with E-state index >= 15 is 0 Å². The van der Waals surface area contributed by atoms with E-state index in [9.17, 15) is 13.2 Å². The number of furan rings is 1. The van der Waals surface area contributed by atoms with E-state index in [0.717, 1.165) is 103 Å². The van der Waals surface area contributed by atoms with Crippen molar-refractivity contribution in [3.8, 4) is 22.3 Å². The molecule has 2 aliphatic carbocycles. The molecule has 5 heteroatoms. The fourth-order valence-electron chi connectivity index (χ4n) is 7.55. The Bertz CT molecular complexity index is 2570. The number of para-hydroxylation sites is 1. The van der Waals surface area contributed by atoms with Crippen LogP contribution in [0.4, 0.5) is 13.2 Å². The molecule has 0 unspecified atom stereocenters. The van der Waals surface area contributed by atoms with Crippen LogP contribution in [-0.4, -0.2) is 0 Å². The Balaban J connectivity index is 1.35. The van der Waals surface area contributed by atoms with Crippen molar-refractivity contribution in [3.05, 3.63) is 164 Å². The topological polar surface area (TPSA) is 13.1 Å². The summed E-state index contributed by atoms with van der Waals surface area (Å²) < 4.78 is 51.7. The van der Waals surface area contributed by atoms with Crippen molar-refractivity contribution < 1.29 is 17.6 Å². The first-order chi connectivity index (χ1) is 22.4. The molecule has 0 saturated heterocycles. The highest BCUT2D eigenvalue weighted by atomic mass is 32.1. The molecule has 218 valence electrons. The van der Waals surface area contributed by atoms with Crippen molar-refractivity contribution in [1.29, 1.82) is 0 Å². The predicted octanol–water partition coefficient (Wildman–Crippen LogP) is 9.98. The zero-order chi connectivity index (χ0) is 30.8. The van der Waals surface area contributed by atoms with Crippen molar-refractivity contribution >= 4 is 54.3 Å².